The molecule has 4 N–H and O–H groups in total. The van der Waals surface area contributed by atoms with E-state index in [0.29, 0.717) is 5.76 Å². The van der Waals surface area contributed by atoms with Gasteiger partial charge in [0.1, 0.15) is 5.76 Å². The molecule has 0 aromatic heterocycles. The summed E-state index contributed by atoms with van der Waals surface area (Å²) in [4.78, 5) is 0. The molecule has 0 saturated heterocycles. The van der Waals surface area contributed by atoms with Crippen LogP contribution in [0.3, 0.4) is 0 Å². The van der Waals surface area contributed by atoms with Gasteiger partial charge in [0.15, 0.2) is 0 Å². The van der Waals surface area contributed by atoms with Crippen molar-refractivity contribution in [1.82, 2.24) is 0 Å². The summed E-state index contributed by atoms with van der Waals surface area (Å²) < 4.78 is 15.4. The molecule has 5 heteroatoms. The molecule has 0 aromatic carbocycles. The standard InChI is InChI=1S/C5H11N2O2P/c6-10(7,8)9-5-3-1-2-4-5/h3H,1-2,4H2,(H4,6,7,8). The molecule has 0 aromatic rings. The number of hydrogen-bond acceptors (Lipinski definition) is 2. The molecule has 0 radical (unpaired) electrons. The van der Waals surface area contributed by atoms with Crippen LogP contribution in [0.15, 0.2) is 11.8 Å². The predicted octanol–water partition coefficient (Wildman–Crippen LogP) is 1.10. The van der Waals surface area contributed by atoms with Crippen molar-refractivity contribution in [2.45, 2.75) is 19.3 Å². The van der Waals surface area contributed by atoms with Crippen LogP contribution < -0.4 is 11.0 Å². The van der Waals surface area contributed by atoms with E-state index in [1.807, 2.05) is 6.08 Å². The van der Waals surface area contributed by atoms with Crippen molar-refractivity contribution in [2.24, 2.45) is 11.0 Å². The Labute approximate surface area is 59.8 Å². The van der Waals surface area contributed by atoms with Gasteiger partial charge in [0.05, 0.1) is 0 Å². The molecule has 0 fully saturated rings. The molecular weight excluding hydrogens is 151 g/mol. The Hall–Kier alpha value is -0.310. The Morgan fingerprint density at radius 3 is 2.70 bits per heavy atom. The molecule has 58 valence electrons. The van der Waals surface area contributed by atoms with Gasteiger partial charge in [-0.15, -0.1) is 0 Å². The lowest BCUT2D eigenvalue weighted by Gasteiger charge is -2.08. The Bertz CT molecular complexity index is 196. The highest BCUT2D eigenvalue weighted by Crippen LogP contribution is 2.34. The van der Waals surface area contributed by atoms with Gasteiger partial charge in [0.2, 0.25) is 0 Å². The fourth-order valence-corrected chi connectivity index (χ4v) is 1.44. The molecular formula is C5H11N2O2P. The first-order chi connectivity index (χ1) is 4.58. The van der Waals surface area contributed by atoms with Crippen molar-refractivity contribution in [1.29, 1.82) is 0 Å². The van der Waals surface area contributed by atoms with Gasteiger partial charge in [0, 0.05) is 6.42 Å². The topological polar surface area (TPSA) is 78.3 Å². The first-order valence-corrected chi connectivity index (χ1v) is 4.90. The van der Waals surface area contributed by atoms with E-state index in [0.717, 1.165) is 19.3 Å². The maximum Gasteiger partial charge on any atom is 0.384 e. The van der Waals surface area contributed by atoms with Crippen LogP contribution in [-0.2, 0) is 9.09 Å². The van der Waals surface area contributed by atoms with Gasteiger partial charge in [-0.2, -0.15) is 0 Å². The summed E-state index contributed by atoms with van der Waals surface area (Å²) in [5, 5.41) is 0. The Balaban J connectivity index is 2.46. The summed E-state index contributed by atoms with van der Waals surface area (Å²) in [6.45, 7) is 0. The highest BCUT2D eigenvalue weighted by Gasteiger charge is 2.14. The molecule has 0 unspecified atom stereocenters. The Kier molecular flexibility index (Phi) is 2.14. The molecule has 1 aliphatic carbocycles. The quantitative estimate of drug-likeness (QED) is 0.596. The minimum absolute atomic E-state index is 0.674. The van der Waals surface area contributed by atoms with Crippen molar-refractivity contribution >= 4 is 7.67 Å². The van der Waals surface area contributed by atoms with Crippen LogP contribution in [0.5, 0.6) is 0 Å². The highest BCUT2D eigenvalue weighted by molar-refractivity contribution is 7.53. The Morgan fingerprint density at radius 2 is 2.30 bits per heavy atom. The molecule has 4 nitrogen and oxygen atoms in total. The number of allylic oxidation sites excluding steroid dienone is 2. The summed E-state index contributed by atoms with van der Waals surface area (Å²) in [6, 6.07) is 0. The van der Waals surface area contributed by atoms with E-state index in [2.05, 4.69) is 0 Å². The van der Waals surface area contributed by atoms with Crippen LogP contribution in [0.1, 0.15) is 19.3 Å². The van der Waals surface area contributed by atoms with Crippen molar-refractivity contribution in [3.8, 4) is 0 Å². The second kappa shape index (κ2) is 2.74. The third kappa shape index (κ3) is 2.52. The third-order valence-corrected chi connectivity index (χ3v) is 1.78. The predicted molar refractivity (Wildman–Crippen MR) is 39.0 cm³/mol. The van der Waals surface area contributed by atoms with Gasteiger partial charge in [0.25, 0.3) is 0 Å². The van der Waals surface area contributed by atoms with Crippen molar-refractivity contribution < 1.29 is 9.09 Å². The lowest BCUT2D eigenvalue weighted by Crippen LogP contribution is -2.07. The highest BCUT2D eigenvalue weighted by atomic mass is 31.2. The van der Waals surface area contributed by atoms with Gasteiger partial charge >= 0.3 is 7.67 Å². The van der Waals surface area contributed by atoms with Gasteiger partial charge in [-0.05, 0) is 18.9 Å². The largest absolute Gasteiger partial charge is 0.427 e. The van der Waals surface area contributed by atoms with Crippen molar-refractivity contribution in [3.63, 3.8) is 0 Å². The number of hydrogen-bond donors (Lipinski definition) is 2. The third-order valence-electron chi connectivity index (χ3n) is 1.26. The zero-order valence-corrected chi connectivity index (χ0v) is 6.51. The molecule has 0 spiro atoms. The van der Waals surface area contributed by atoms with E-state index in [-0.39, 0.29) is 0 Å². The molecule has 1 aliphatic rings. The van der Waals surface area contributed by atoms with Crippen molar-refractivity contribution in [2.75, 3.05) is 0 Å². The average molecular weight is 162 g/mol. The van der Waals surface area contributed by atoms with Gasteiger partial charge in [-0.3, -0.25) is 0 Å². The number of rotatable bonds is 2. The van der Waals surface area contributed by atoms with Crippen LogP contribution in [0.4, 0.5) is 0 Å². The molecule has 0 aliphatic heterocycles. The molecule has 10 heavy (non-hydrogen) atoms. The Morgan fingerprint density at radius 1 is 1.60 bits per heavy atom. The summed E-state index contributed by atoms with van der Waals surface area (Å²) in [5.41, 5.74) is 9.97. The normalized spacial score (nSPS) is 18.8. The summed E-state index contributed by atoms with van der Waals surface area (Å²) >= 11 is 0. The first-order valence-electron chi connectivity index (χ1n) is 3.14. The lowest BCUT2D eigenvalue weighted by molar-refractivity contribution is 0.394. The number of nitrogens with two attached hydrogens (primary N) is 2. The summed E-state index contributed by atoms with van der Waals surface area (Å²) in [5.74, 6) is 0.674. The fourth-order valence-electron chi connectivity index (χ4n) is 0.908. The van der Waals surface area contributed by atoms with E-state index >= 15 is 0 Å². The molecule has 0 amide bonds. The average Bonchev–Trinajstić information content (AvgIpc) is 2.12. The van der Waals surface area contributed by atoms with E-state index in [4.69, 9.17) is 15.5 Å². The maximum atomic E-state index is 10.7. The van der Waals surface area contributed by atoms with E-state index in [9.17, 15) is 4.57 Å². The van der Waals surface area contributed by atoms with Gasteiger partial charge < -0.3 is 4.52 Å². The van der Waals surface area contributed by atoms with Crippen LogP contribution in [-0.4, -0.2) is 0 Å². The van der Waals surface area contributed by atoms with Crippen LogP contribution in [0.25, 0.3) is 0 Å². The van der Waals surface area contributed by atoms with Gasteiger partial charge in [-0.25, -0.2) is 15.6 Å². The summed E-state index contributed by atoms with van der Waals surface area (Å²) in [6.07, 6.45) is 4.68. The van der Waals surface area contributed by atoms with Crippen LogP contribution >= 0.6 is 7.67 Å². The second-order valence-electron chi connectivity index (χ2n) is 2.30. The van der Waals surface area contributed by atoms with Crippen LogP contribution in [0.2, 0.25) is 0 Å². The molecule has 0 heterocycles. The van der Waals surface area contributed by atoms with E-state index in [1.54, 1.807) is 0 Å². The minimum atomic E-state index is -3.28. The molecule has 1 rings (SSSR count). The molecule has 0 saturated carbocycles. The SMILES string of the molecule is NP(N)(=O)OC1=CCCC1. The van der Waals surface area contributed by atoms with E-state index < -0.39 is 7.67 Å². The first kappa shape index (κ1) is 7.79. The zero-order chi connectivity index (χ0) is 7.61. The van der Waals surface area contributed by atoms with Crippen LogP contribution in [0, 0.1) is 0 Å². The smallest absolute Gasteiger partial charge is 0.384 e. The van der Waals surface area contributed by atoms with Gasteiger partial charge in [-0.1, -0.05) is 0 Å². The fraction of sp³-hybridized carbons (Fsp3) is 0.600. The lowest BCUT2D eigenvalue weighted by atomic mass is 10.4. The molecule has 0 bridgehead atoms. The van der Waals surface area contributed by atoms with E-state index in [1.165, 1.54) is 0 Å². The minimum Gasteiger partial charge on any atom is -0.427 e. The van der Waals surface area contributed by atoms with Crippen molar-refractivity contribution in [3.05, 3.63) is 11.8 Å². The monoisotopic (exact) mass is 162 g/mol. The maximum absolute atomic E-state index is 10.7. The summed E-state index contributed by atoms with van der Waals surface area (Å²) in [7, 11) is -3.28. The molecule has 0 atom stereocenters. The second-order valence-corrected chi connectivity index (χ2v) is 3.77. The zero-order valence-electron chi connectivity index (χ0n) is 5.62.